The number of anilines is 2. The van der Waals surface area contributed by atoms with Crippen LogP contribution < -0.4 is 11.1 Å². The highest BCUT2D eigenvalue weighted by Crippen LogP contribution is 2.24. The van der Waals surface area contributed by atoms with Crippen molar-refractivity contribution in [2.24, 2.45) is 0 Å². The second-order valence-electron chi connectivity index (χ2n) is 4.02. The van der Waals surface area contributed by atoms with Gasteiger partial charge in [-0.25, -0.2) is 4.39 Å². The van der Waals surface area contributed by atoms with E-state index < -0.39 is 0 Å². The fourth-order valence-corrected chi connectivity index (χ4v) is 2.37. The average Bonchev–Trinajstić information content (AvgIpc) is 2.42. The molecule has 20 heavy (non-hydrogen) atoms. The molecule has 2 aromatic carbocycles. The van der Waals surface area contributed by atoms with Crippen LogP contribution in [0.2, 0.25) is 5.02 Å². The number of nitrogens with two attached hydrogens (primary N) is 1. The second-order valence-corrected chi connectivity index (χ2v) is 5.51. The molecular formula is C14H12ClFN2OS. The van der Waals surface area contributed by atoms with Crippen LogP contribution in [-0.2, 0) is 4.79 Å². The van der Waals surface area contributed by atoms with Crippen LogP contribution >= 0.6 is 23.4 Å². The molecule has 0 heterocycles. The van der Waals surface area contributed by atoms with Crippen molar-refractivity contribution in [2.75, 3.05) is 16.8 Å². The molecule has 0 unspecified atom stereocenters. The van der Waals surface area contributed by atoms with Crippen molar-refractivity contribution in [3.05, 3.63) is 53.3 Å². The number of hydrogen-bond donors (Lipinski definition) is 2. The van der Waals surface area contributed by atoms with Gasteiger partial charge in [-0.05, 0) is 42.5 Å². The first-order valence-corrected chi connectivity index (χ1v) is 7.14. The summed E-state index contributed by atoms with van der Waals surface area (Å²) in [6.07, 6.45) is 0. The van der Waals surface area contributed by atoms with E-state index in [1.807, 2.05) is 0 Å². The number of rotatable bonds is 4. The highest BCUT2D eigenvalue weighted by Gasteiger charge is 2.07. The molecule has 0 fully saturated rings. The van der Waals surface area contributed by atoms with Gasteiger partial charge in [0, 0.05) is 9.92 Å². The van der Waals surface area contributed by atoms with Crippen LogP contribution in [0.1, 0.15) is 0 Å². The summed E-state index contributed by atoms with van der Waals surface area (Å²) in [5.41, 5.74) is 6.68. The molecule has 0 saturated heterocycles. The highest BCUT2D eigenvalue weighted by atomic mass is 35.5. The smallest absolute Gasteiger partial charge is 0.234 e. The molecule has 104 valence electrons. The van der Waals surface area contributed by atoms with Gasteiger partial charge in [0.05, 0.1) is 17.1 Å². The lowest BCUT2D eigenvalue weighted by atomic mass is 10.2. The first-order valence-electron chi connectivity index (χ1n) is 5.78. The van der Waals surface area contributed by atoms with Gasteiger partial charge < -0.3 is 11.1 Å². The Kier molecular flexibility index (Phi) is 4.87. The van der Waals surface area contributed by atoms with E-state index in [2.05, 4.69) is 5.32 Å². The van der Waals surface area contributed by atoms with E-state index in [9.17, 15) is 9.18 Å². The molecule has 1 amide bonds. The van der Waals surface area contributed by atoms with E-state index in [1.165, 1.54) is 23.9 Å². The monoisotopic (exact) mass is 310 g/mol. The Balaban J connectivity index is 1.92. The lowest BCUT2D eigenvalue weighted by Gasteiger charge is -2.08. The minimum atomic E-state index is -0.300. The van der Waals surface area contributed by atoms with Gasteiger partial charge >= 0.3 is 0 Å². The van der Waals surface area contributed by atoms with E-state index >= 15 is 0 Å². The standard InChI is InChI=1S/C14H12ClFN2OS/c15-9-1-6-12(17)13(7-9)18-14(19)8-20-11-4-2-10(16)3-5-11/h1-7H,8,17H2,(H,18,19). The average molecular weight is 311 g/mol. The van der Waals surface area contributed by atoms with E-state index in [1.54, 1.807) is 30.3 Å². The fourth-order valence-electron chi connectivity index (χ4n) is 1.50. The zero-order valence-electron chi connectivity index (χ0n) is 10.4. The van der Waals surface area contributed by atoms with Crippen LogP contribution in [0.15, 0.2) is 47.4 Å². The molecule has 0 aliphatic heterocycles. The zero-order valence-corrected chi connectivity index (χ0v) is 12.0. The van der Waals surface area contributed by atoms with E-state index in [0.29, 0.717) is 16.4 Å². The number of thioether (sulfide) groups is 1. The topological polar surface area (TPSA) is 55.1 Å². The van der Waals surface area contributed by atoms with Gasteiger partial charge in [0.25, 0.3) is 0 Å². The van der Waals surface area contributed by atoms with Gasteiger partial charge in [-0.2, -0.15) is 0 Å². The van der Waals surface area contributed by atoms with Gasteiger partial charge in [-0.3, -0.25) is 4.79 Å². The minimum absolute atomic E-state index is 0.201. The van der Waals surface area contributed by atoms with Crippen LogP contribution in [0.4, 0.5) is 15.8 Å². The van der Waals surface area contributed by atoms with Gasteiger partial charge in [-0.1, -0.05) is 11.6 Å². The molecular weight excluding hydrogens is 299 g/mol. The molecule has 2 rings (SSSR count). The Morgan fingerprint density at radius 2 is 1.95 bits per heavy atom. The molecule has 0 radical (unpaired) electrons. The maximum Gasteiger partial charge on any atom is 0.234 e. The molecule has 3 N–H and O–H groups in total. The fraction of sp³-hybridized carbons (Fsp3) is 0.0714. The van der Waals surface area contributed by atoms with Crippen molar-refractivity contribution in [3.63, 3.8) is 0 Å². The van der Waals surface area contributed by atoms with Crippen LogP contribution in [0, 0.1) is 5.82 Å². The number of carbonyl (C=O) groups is 1. The predicted molar refractivity (Wildman–Crippen MR) is 81.6 cm³/mol. The van der Waals surface area contributed by atoms with E-state index in [4.69, 9.17) is 17.3 Å². The van der Waals surface area contributed by atoms with Gasteiger partial charge in [0.2, 0.25) is 5.91 Å². The second kappa shape index (κ2) is 6.63. The molecule has 0 aromatic heterocycles. The van der Waals surface area contributed by atoms with Gasteiger partial charge in [0.15, 0.2) is 0 Å². The Morgan fingerprint density at radius 3 is 2.65 bits per heavy atom. The normalized spacial score (nSPS) is 10.3. The number of nitrogen functional groups attached to an aromatic ring is 1. The SMILES string of the molecule is Nc1ccc(Cl)cc1NC(=O)CSc1ccc(F)cc1. The van der Waals surface area contributed by atoms with Gasteiger partial charge in [-0.15, -0.1) is 11.8 Å². The molecule has 0 aliphatic rings. The lowest BCUT2D eigenvalue weighted by molar-refractivity contribution is -0.113. The molecule has 0 aliphatic carbocycles. The summed E-state index contributed by atoms with van der Waals surface area (Å²) in [7, 11) is 0. The van der Waals surface area contributed by atoms with Crippen LogP contribution in [0.5, 0.6) is 0 Å². The molecule has 3 nitrogen and oxygen atoms in total. The highest BCUT2D eigenvalue weighted by molar-refractivity contribution is 8.00. The van der Waals surface area contributed by atoms with Crippen LogP contribution in [0.3, 0.4) is 0 Å². The maximum absolute atomic E-state index is 12.7. The predicted octanol–water partition coefficient (Wildman–Crippen LogP) is 3.79. The third kappa shape index (κ3) is 4.15. The van der Waals surface area contributed by atoms with E-state index in [-0.39, 0.29) is 17.5 Å². The number of nitrogens with one attached hydrogen (secondary N) is 1. The Labute approximate surface area is 125 Å². The number of hydrogen-bond acceptors (Lipinski definition) is 3. The largest absolute Gasteiger partial charge is 0.397 e. The van der Waals surface area contributed by atoms with Crippen LogP contribution in [-0.4, -0.2) is 11.7 Å². The van der Waals surface area contributed by atoms with Crippen molar-refractivity contribution in [3.8, 4) is 0 Å². The molecule has 6 heteroatoms. The quantitative estimate of drug-likeness (QED) is 0.667. The van der Waals surface area contributed by atoms with Gasteiger partial charge in [0.1, 0.15) is 5.82 Å². The first-order chi connectivity index (χ1) is 9.54. The third-order valence-corrected chi connectivity index (χ3v) is 3.72. The van der Waals surface area contributed by atoms with Crippen molar-refractivity contribution in [1.29, 1.82) is 0 Å². The Morgan fingerprint density at radius 1 is 1.25 bits per heavy atom. The number of halogens is 2. The summed E-state index contributed by atoms with van der Waals surface area (Å²) in [6.45, 7) is 0. The Hall–Kier alpha value is -1.72. The number of carbonyl (C=O) groups excluding carboxylic acids is 1. The molecule has 2 aromatic rings. The zero-order chi connectivity index (χ0) is 14.5. The molecule has 0 spiro atoms. The summed E-state index contributed by atoms with van der Waals surface area (Å²) in [4.78, 5) is 12.6. The van der Waals surface area contributed by atoms with Crippen molar-refractivity contribution in [2.45, 2.75) is 4.90 Å². The molecule has 0 atom stereocenters. The van der Waals surface area contributed by atoms with Crippen molar-refractivity contribution >= 4 is 40.6 Å². The number of amides is 1. The number of benzene rings is 2. The molecule has 0 saturated carbocycles. The Bertz CT molecular complexity index is 619. The van der Waals surface area contributed by atoms with Crippen molar-refractivity contribution < 1.29 is 9.18 Å². The first kappa shape index (κ1) is 14.7. The summed E-state index contributed by atoms with van der Waals surface area (Å²) >= 11 is 7.15. The maximum atomic E-state index is 12.7. The van der Waals surface area contributed by atoms with Crippen LogP contribution in [0.25, 0.3) is 0 Å². The summed E-state index contributed by atoms with van der Waals surface area (Å²) in [5, 5.41) is 3.19. The van der Waals surface area contributed by atoms with Crippen molar-refractivity contribution in [1.82, 2.24) is 0 Å². The third-order valence-electron chi connectivity index (χ3n) is 2.47. The summed E-state index contributed by atoms with van der Waals surface area (Å²) in [6, 6.07) is 10.8. The summed E-state index contributed by atoms with van der Waals surface area (Å²) in [5.74, 6) is -0.295. The van der Waals surface area contributed by atoms with E-state index in [0.717, 1.165) is 4.90 Å². The molecule has 0 bridgehead atoms. The lowest BCUT2D eigenvalue weighted by Crippen LogP contribution is -2.15. The minimum Gasteiger partial charge on any atom is -0.397 e. The summed E-state index contributed by atoms with van der Waals surface area (Å²) < 4.78 is 12.7.